The van der Waals surface area contributed by atoms with Crippen LogP contribution in [0.1, 0.15) is 18.1 Å². The second-order valence-corrected chi connectivity index (χ2v) is 5.66. The van der Waals surface area contributed by atoms with Crippen LogP contribution < -0.4 is 10.2 Å². The van der Waals surface area contributed by atoms with Crippen LogP contribution in [0.25, 0.3) is 0 Å². The normalized spacial score (nSPS) is 21.9. The van der Waals surface area contributed by atoms with Crippen LogP contribution in [0.15, 0.2) is 12.3 Å². The van der Waals surface area contributed by atoms with Crippen molar-refractivity contribution in [2.45, 2.75) is 25.7 Å². The summed E-state index contributed by atoms with van der Waals surface area (Å²) in [6.45, 7) is 4.19. The molecule has 1 fully saturated rings. The number of anilines is 1. The second kappa shape index (κ2) is 5.42. The predicted octanol–water partition coefficient (Wildman–Crippen LogP) is 1.24. The molecule has 120 valence electrons. The minimum atomic E-state index is -4.43. The number of fused-ring (bicyclic) bond motifs is 3. The first-order chi connectivity index (χ1) is 10.4. The number of carbonyl (C=O) groups is 1. The highest BCUT2D eigenvalue weighted by molar-refractivity contribution is 5.74. The molecule has 0 aliphatic carbocycles. The third kappa shape index (κ3) is 2.75. The lowest BCUT2D eigenvalue weighted by Gasteiger charge is -2.37. The molecule has 1 amide bonds. The molecule has 1 N–H and O–H groups in total. The monoisotopic (exact) mass is 314 g/mol. The van der Waals surface area contributed by atoms with Crippen molar-refractivity contribution < 1.29 is 18.0 Å². The Kier molecular flexibility index (Phi) is 3.72. The highest BCUT2D eigenvalue weighted by Gasteiger charge is 2.35. The minimum Gasteiger partial charge on any atom is -0.349 e. The number of halogens is 3. The van der Waals surface area contributed by atoms with Crippen molar-refractivity contribution in [2.75, 3.05) is 31.1 Å². The van der Waals surface area contributed by atoms with Gasteiger partial charge in [-0.2, -0.15) is 13.2 Å². The lowest BCUT2D eigenvalue weighted by Crippen LogP contribution is -2.55. The first-order valence-electron chi connectivity index (χ1n) is 7.15. The van der Waals surface area contributed by atoms with Crippen LogP contribution in [0.5, 0.6) is 0 Å². The van der Waals surface area contributed by atoms with E-state index in [0.717, 1.165) is 18.8 Å². The fourth-order valence-corrected chi connectivity index (χ4v) is 3.00. The van der Waals surface area contributed by atoms with Crippen molar-refractivity contribution in [2.24, 2.45) is 0 Å². The molecule has 0 bridgehead atoms. The molecule has 0 spiro atoms. The summed E-state index contributed by atoms with van der Waals surface area (Å²) in [7, 11) is 0. The van der Waals surface area contributed by atoms with Crippen LogP contribution in [0.3, 0.4) is 0 Å². The quantitative estimate of drug-likeness (QED) is 0.783. The van der Waals surface area contributed by atoms with Crippen molar-refractivity contribution in [3.05, 3.63) is 23.4 Å². The number of carbonyl (C=O) groups excluding carboxylic acids is 1. The molecule has 1 saturated heterocycles. The highest BCUT2D eigenvalue weighted by atomic mass is 19.4. The van der Waals surface area contributed by atoms with Crippen LogP contribution in [-0.2, 0) is 17.5 Å². The van der Waals surface area contributed by atoms with Gasteiger partial charge in [-0.05, 0) is 6.07 Å². The number of rotatable bonds is 0. The summed E-state index contributed by atoms with van der Waals surface area (Å²) in [5.74, 6) is 0.416. The number of amides is 1. The van der Waals surface area contributed by atoms with Gasteiger partial charge in [-0.15, -0.1) is 0 Å². The number of nitrogens with zero attached hydrogens (tertiary/aromatic N) is 3. The first-order valence-corrected chi connectivity index (χ1v) is 7.15. The molecule has 5 nitrogen and oxygen atoms in total. The molecule has 0 radical (unpaired) electrons. The van der Waals surface area contributed by atoms with Crippen LogP contribution in [-0.4, -0.2) is 48.0 Å². The van der Waals surface area contributed by atoms with E-state index in [1.54, 1.807) is 4.90 Å². The van der Waals surface area contributed by atoms with Gasteiger partial charge in [0.15, 0.2) is 0 Å². The van der Waals surface area contributed by atoms with Crippen LogP contribution >= 0.6 is 0 Å². The zero-order valence-electron chi connectivity index (χ0n) is 12.2. The fourth-order valence-electron chi connectivity index (χ4n) is 3.00. The van der Waals surface area contributed by atoms with E-state index in [4.69, 9.17) is 0 Å². The first kappa shape index (κ1) is 15.1. The molecule has 1 aromatic heterocycles. The number of nitrogens with one attached hydrogen (secondary N) is 1. The Hall–Kier alpha value is -1.83. The van der Waals surface area contributed by atoms with Gasteiger partial charge in [0, 0.05) is 51.4 Å². The third-order valence-electron chi connectivity index (χ3n) is 4.13. The fraction of sp³-hybridized carbons (Fsp3) is 0.571. The van der Waals surface area contributed by atoms with Gasteiger partial charge >= 0.3 is 6.18 Å². The van der Waals surface area contributed by atoms with Gasteiger partial charge < -0.3 is 15.1 Å². The smallest absolute Gasteiger partial charge is 0.349 e. The third-order valence-corrected chi connectivity index (χ3v) is 4.13. The maximum absolute atomic E-state index is 12.9. The average molecular weight is 314 g/mol. The predicted molar refractivity (Wildman–Crippen MR) is 74.3 cm³/mol. The zero-order valence-corrected chi connectivity index (χ0v) is 12.2. The molecule has 1 aromatic rings. The second-order valence-electron chi connectivity index (χ2n) is 5.66. The Morgan fingerprint density at radius 3 is 2.91 bits per heavy atom. The topological polar surface area (TPSA) is 48.5 Å². The molecule has 8 heteroatoms. The number of alkyl halides is 3. The van der Waals surface area contributed by atoms with Crippen molar-refractivity contribution in [1.29, 1.82) is 0 Å². The van der Waals surface area contributed by atoms with E-state index in [-0.39, 0.29) is 18.5 Å². The Bertz CT molecular complexity index is 590. The Balaban J connectivity index is 2.04. The Labute approximate surface area is 126 Å². The Morgan fingerprint density at radius 1 is 1.45 bits per heavy atom. The van der Waals surface area contributed by atoms with Crippen LogP contribution in [0, 0.1) is 0 Å². The molecule has 2 aliphatic rings. The number of piperazine rings is 1. The number of pyridine rings is 1. The van der Waals surface area contributed by atoms with E-state index < -0.39 is 11.7 Å². The zero-order chi connectivity index (χ0) is 15.9. The van der Waals surface area contributed by atoms with Crippen molar-refractivity contribution in [3.8, 4) is 0 Å². The van der Waals surface area contributed by atoms with Crippen LogP contribution in [0.2, 0.25) is 0 Å². The van der Waals surface area contributed by atoms with E-state index in [9.17, 15) is 18.0 Å². The number of aromatic nitrogens is 1. The van der Waals surface area contributed by atoms with E-state index in [1.807, 2.05) is 4.90 Å². The summed E-state index contributed by atoms with van der Waals surface area (Å²) in [4.78, 5) is 19.4. The summed E-state index contributed by atoms with van der Waals surface area (Å²) in [5, 5.41) is 3.25. The van der Waals surface area contributed by atoms with Crippen LogP contribution in [0.4, 0.5) is 19.0 Å². The Morgan fingerprint density at radius 2 is 2.23 bits per heavy atom. The van der Waals surface area contributed by atoms with Gasteiger partial charge in [-0.3, -0.25) is 4.79 Å². The van der Waals surface area contributed by atoms with Gasteiger partial charge in [0.05, 0.1) is 11.6 Å². The maximum Gasteiger partial charge on any atom is 0.417 e. The molecular weight excluding hydrogens is 297 g/mol. The lowest BCUT2D eigenvalue weighted by atomic mass is 10.1. The summed E-state index contributed by atoms with van der Waals surface area (Å²) in [6.07, 6.45) is -3.56. The van der Waals surface area contributed by atoms with Crippen molar-refractivity contribution >= 4 is 11.7 Å². The van der Waals surface area contributed by atoms with Crippen molar-refractivity contribution in [3.63, 3.8) is 0 Å². The van der Waals surface area contributed by atoms with E-state index in [1.165, 1.54) is 6.92 Å². The van der Waals surface area contributed by atoms with E-state index >= 15 is 0 Å². The highest BCUT2D eigenvalue weighted by Crippen LogP contribution is 2.34. The molecule has 3 rings (SSSR count). The SMILES string of the molecule is CC(=O)N1Cc2cc(C(F)(F)F)cnc2N2CCNCC2C1. The minimum absolute atomic E-state index is 0.0307. The molecule has 0 saturated carbocycles. The number of hydrogen-bond donors (Lipinski definition) is 1. The van der Waals surface area contributed by atoms with Crippen molar-refractivity contribution in [1.82, 2.24) is 15.2 Å². The van der Waals surface area contributed by atoms with Gasteiger partial charge in [0.1, 0.15) is 5.82 Å². The molecule has 2 aliphatic heterocycles. The largest absolute Gasteiger partial charge is 0.417 e. The molecule has 1 unspecified atom stereocenters. The molecule has 22 heavy (non-hydrogen) atoms. The molecular formula is C14H17F3N4O. The lowest BCUT2D eigenvalue weighted by molar-refractivity contribution is -0.137. The summed E-state index contributed by atoms with van der Waals surface area (Å²) in [5.41, 5.74) is -0.322. The van der Waals surface area contributed by atoms with E-state index in [2.05, 4.69) is 10.3 Å². The summed E-state index contributed by atoms with van der Waals surface area (Å²) in [6, 6.07) is 1.14. The van der Waals surface area contributed by atoms with Gasteiger partial charge in [0.25, 0.3) is 0 Å². The summed E-state index contributed by atoms with van der Waals surface area (Å²) >= 11 is 0. The summed E-state index contributed by atoms with van der Waals surface area (Å²) < 4.78 is 38.7. The van der Waals surface area contributed by atoms with Gasteiger partial charge in [0.2, 0.25) is 5.91 Å². The van der Waals surface area contributed by atoms with Gasteiger partial charge in [-0.25, -0.2) is 4.98 Å². The average Bonchev–Trinajstić information content (AvgIpc) is 2.62. The van der Waals surface area contributed by atoms with E-state index in [0.29, 0.717) is 31.0 Å². The van der Waals surface area contributed by atoms with Gasteiger partial charge in [-0.1, -0.05) is 0 Å². The molecule has 3 heterocycles. The number of hydrogen-bond acceptors (Lipinski definition) is 4. The maximum atomic E-state index is 12.9. The molecule has 0 aromatic carbocycles. The molecule has 1 atom stereocenters. The standard InChI is InChI=1S/C14H17F3N4O/c1-9(22)20-7-10-4-11(14(15,16)17)5-19-13(10)21-3-2-18-6-12(21)8-20/h4-5,12,18H,2-3,6-8H2,1H3.